The summed E-state index contributed by atoms with van der Waals surface area (Å²) in [4.78, 5) is 11.2. The molecule has 1 amide bonds. The molecule has 0 saturated heterocycles. The van der Waals surface area contributed by atoms with Crippen LogP contribution in [0, 0.1) is 13.8 Å². The monoisotopic (exact) mass is 222 g/mol. The van der Waals surface area contributed by atoms with Crippen LogP contribution in [0.15, 0.2) is 18.2 Å². The van der Waals surface area contributed by atoms with Gasteiger partial charge in [-0.25, -0.2) is 5.84 Å². The second-order valence-corrected chi connectivity index (χ2v) is 3.93. The van der Waals surface area contributed by atoms with Crippen molar-refractivity contribution in [3.63, 3.8) is 0 Å². The van der Waals surface area contributed by atoms with Crippen molar-refractivity contribution < 1.29 is 9.53 Å². The molecule has 16 heavy (non-hydrogen) atoms. The van der Waals surface area contributed by atoms with E-state index in [2.05, 4.69) is 12.1 Å². The molecule has 0 aliphatic rings. The Morgan fingerprint density at radius 3 is 2.75 bits per heavy atom. The summed E-state index contributed by atoms with van der Waals surface area (Å²) in [5, 5.41) is 1.03. The van der Waals surface area contributed by atoms with E-state index in [1.807, 2.05) is 19.9 Å². The van der Waals surface area contributed by atoms with E-state index in [-0.39, 0.29) is 12.5 Å². The first-order chi connectivity index (χ1) is 7.50. The van der Waals surface area contributed by atoms with Gasteiger partial charge in [0.1, 0.15) is 6.61 Å². The number of aryl methyl sites for hydroxylation is 2. The molecule has 0 aromatic heterocycles. The molecule has 0 fully saturated rings. The van der Waals surface area contributed by atoms with Crippen LogP contribution in [0.2, 0.25) is 0 Å². The smallest absolute Gasteiger partial charge is 0.262 e. The number of nitrogens with two attached hydrogens (primary N) is 1. The summed E-state index contributed by atoms with van der Waals surface area (Å²) < 4.78 is 5.31. The maximum absolute atomic E-state index is 11.2. The zero-order valence-corrected chi connectivity index (χ0v) is 9.99. The molecular formula is C12H18N2O2. The molecule has 1 aromatic carbocycles. The van der Waals surface area contributed by atoms with Gasteiger partial charge in [-0.15, -0.1) is 0 Å². The van der Waals surface area contributed by atoms with Crippen molar-refractivity contribution in [2.45, 2.75) is 20.5 Å². The fourth-order valence-electron chi connectivity index (χ4n) is 1.31. The molecule has 0 saturated carbocycles. The molecule has 0 aliphatic carbocycles. The van der Waals surface area contributed by atoms with Gasteiger partial charge >= 0.3 is 0 Å². The molecule has 0 radical (unpaired) electrons. The topological polar surface area (TPSA) is 55.6 Å². The van der Waals surface area contributed by atoms with Crippen LogP contribution >= 0.6 is 0 Å². The fraction of sp³-hybridized carbons (Fsp3) is 0.417. The summed E-state index contributed by atoms with van der Waals surface area (Å²) in [6.07, 6.45) is 0. The maximum Gasteiger partial charge on any atom is 0.262 e. The maximum atomic E-state index is 11.2. The molecule has 0 aliphatic heterocycles. The number of rotatable bonds is 4. The second kappa shape index (κ2) is 5.63. The molecule has 1 rings (SSSR count). The molecule has 1 aromatic rings. The first-order valence-electron chi connectivity index (χ1n) is 5.16. The first-order valence-corrected chi connectivity index (χ1v) is 5.16. The lowest BCUT2D eigenvalue weighted by Gasteiger charge is -2.11. The minimum absolute atomic E-state index is 0.0143. The Bertz CT molecular complexity index is 375. The Balaban J connectivity index is 2.49. The Hall–Kier alpha value is -1.39. The number of amides is 1. The van der Waals surface area contributed by atoms with E-state index in [9.17, 15) is 4.79 Å². The SMILES string of the molecule is Cc1ccc(C)c(COCC(=O)N(C)N)c1. The van der Waals surface area contributed by atoms with Gasteiger partial charge < -0.3 is 4.74 Å². The van der Waals surface area contributed by atoms with Crippen LogP contribution in [0.25, 0.3) is 0 Å². The zero-order chi connectivity index (χ0) is 12.1. The van der Waals surface area contributed by atoms with E-state index >= 15 is 0 Å². The lowest BCUT2D eigenvalue weighted by molar-refractivity contribution is -0.135. The van der Waals surface area contributed by atoms with E-state index in [1.54, 1.807) is 0 Å². The number of hydrogen-bond donors (Lipinski definition) is 1. The average molecular weight is 222 g/mol. The summed E-state index contributed by atoms with van der Waals surface area (Å²) in [6.45, 7) is 4.50. The molecule has 4 nitrogen and oxygen atoms in total. The van der Waals surface area contributed by atoms with Gasteiger partial charge in [0.15, 0.2) is 0 Å². The predicted octanol–water partition coefficient (Wildman–Crippen LogP) is 1.15. The Kier molecular flexibility index (Phi) is 4.46. The quantitative estimate of drug-likeness (QED) is 0.472. The number of nitrogens with zero attached hydrogens (tertiary/aromatic N) is 1. The van der Waals surface area contributed by atoms with Crippen molar-refractivity contribution in [2.24, 2.45) is 5.84 Å². The molecule has 2 N–H and O–H groups in total. The number of carbonyl (C=O) groups excluding carboxylic acids is 1. The van der Waals surface area contributed by atoms with Crippen LogP contribution in [0.1, 0.15) is 16.7 Å². The average Bonchev–Trinajstić information content (AvgIpc) is 2.22. The van der Waals surface area contributed by atoms with Gasteiger partial charge in [0.25, 0.3) is 5.91 Å². The minimum Gasteiger partial charge on any atom is -0.367 e. The van der Waals surface area contributed by atoms with Gasteiger partial charge in [-0.1, -0.05) is 23.8 Å². The van der Waals surface area contributed by atoms with Crippen molar-refractivity contribution in [3.8, 4) is 0 Å². The molecule has 0 spiro atoms. The minimum atomic E-state index is -0.231. The van der Waals surface area contributed by atoms with Gasteiger partial charge in [0, 0.05) is 7.05 Å². The van der Waals surface area contributed by atoms with Crippen molar-refractivity contribution in [1.82, 2.24) is 5.01 Å². The second-order valence-electron chi connectivity index (χ2n) is 3.93. The van der Waals surface area contributed by atoms with Crippen LogP contribution < -0.4 is 5.84 Å². The fourth-order valence-corrected chi connectivity index (χ4v) is 1.31. The molecule has 0 heterocycles. The van der Waals surface area contributed by atoms with Gasteiger partial charge in [0.05, 0.1) is 6.61 Å². The lowest BCUT2D eigenvalue weighted by Crippen LogP contribution is -2.35. The summed E-state index contributed by atoms with van der Waals surface area (Å²) in [6, 6.07) is 6.16. The molecular weight excluding hydrogens is 204 g/mol. The van der Waals surface area contributed by atoms with Crippen LogP contribution in [-0.4, -0.2) is 24.6 Å². The van der Waals surface area contributed by atoms with Gasteiger partial charge in [-0.05, 0) is 25.0 Å². The summed E-state index contributed by atoms with van der Waals surface area (Å²) in [5.74, 6) is 5.04. The summed E-state index contributed by atoms with van der Waals surface area (Å²) in [7, 11) is 1.50. The highest BCUT2D eigenvalue weighted by molar-refractivity contribution is 5.76. The van der Waals surface area contributed by atoms with E-state index in [0.29, 0.717) is 6.61 Å². The third-order valence-electron chi connectivity index (χ3n) is 2.38. The number of hydrazine groups is 1. The number of carbonyl (C=O) groups is 1. The van der Waals surface area contributed by atoms with Crippen molar-refractivity contribution in [1.29, 1.82) is 0 Å². The molecule has 4 heteroatoms. The van der Waals surface area contributed by atoms with Gasteiger partial charge in [0.2, 0.25) is 0 Å². The van der Waals surface area contributed by atoms with Crippen molar-refractivity contribution in [2.75, 3.05) is 13.7 Å². The van der Waals surface area contributed by atoms with Crippen molar-refractivity contribution in [3.05, 3.63) is 34.9 Å². The zero-order valence-electron chi connectivity index (χ0n) is 9.99. The van der Waals surface area contributed by atoms with Gasteiger partial charge in [-0.3, -0.25) is 9.80 Å². The number of hydrogen-bond acceptors (Lipinski definition) is 3. The van der Waals surface area contributed by atoms with Crippen LogP contribution in [-0.2, 0) is 16.1 Å². The summed E-state index contributed by atoms with van der Waals surface area (Å²) in [5.41, 5.74) is 3.46. The normalized spacial score (nSPS) is 10.2. The largest absolute Gasteiger partial charge is 0.367 e. The van der Waals surface area contributed by atoms with Crippen molar-refractivity contribution >= 4 is 5.91 Å². The first kappa shape index (κ1) is 12.7. The highest BCUT2D eigenvalue weighted by atomic mass is 16.5. The number of ether oxygens (including phenoxy) is 1. The highest BCUT2D eigenvalue weighted by Crippen LogP contribution is 2.11. The van der Waals surface area contributed by atoms with Crippen LogP contribution in [0.5, 0.6) is 0 Å². The van der Waals surface area contributed by atoms with Crippen LogP contribution in [0.3, 0.4) is 0 Å². The number of likely N-dealkylation sites (N-methyl/N-ethyl adjacent to an activating group) is 1. The number of benzene rings is 1. The van der Waals surface area contributed by atoms with Crippen LogP contribution in [0.4, 0.5) is 0 Å². The van der Waals surface area contributed by atoms with Gasteiger partial charge in [-0.2, -0.15) is 0 Å². The van der Waals surface area contributed by atoms with E-state index in [0.717, 1.165) is 10.6 Å². The van der Waals surface area contributed by atoms with E-state index < -0.39 is 0 Å². The van der Waals surface area contributed by atoms with E-state index in [4.69, 9.17) is 10.6 Å². The molecule has 0 unspecified atom stereocenters. The molecule has 0 atom stereocenters. The predicted molar refractivity (Wildman–Crippen MR) is 62.5 cm³/mol. The lowest BCUT2D eigenvalue weighted by atomic mass is 10.1. The standard InChI is InChI=1S/C12H18N2O2/c1-9-4-5-10(2)11(6-9)7-16-8-12(15)14(3)13/h4-6H,7-8,13H2,1-3H3. The molecule has 0 bridgehead atoms. The summed E-state index contributed by atoms with van der Waals surface area (Å²) >= 11 is 0. The Morgan fingerprint density at radius 1 is 1.44 bits per heavy atom. The van der Waals surface area contributed by atoms with E-state index in [1.165, 1.54) is 18.2 Å². The third-order valence-corrected chi connectivity index (χ3v) is 2.38. The highest BCUT2D eigenvalue weighted by Gasteiger charge is 2.05. The third kappa shape index (κ3) is 3.64. The molecule has 88 valence electrons. The Labute approximate surface area is 96.0 Å². The Morgan fingerprint density at radius 2 is 2.12 bits per heavy atom.